The van der Waals surface area contributed by atoms with Crippen LogP contribution in [0.4, 0.5) is 0 Å². The van der Waals surface area contributed by atoms with Crippen LogP contribution in [0.3, 0.4) is 0 Å². The van der Waals surface area contributed by atoms with Crippen LogP contribution < -0.4 is 15.3 Å². The van der Waals surface area contributed by atoms with Crippen molar-refractivity contribution in [3.63, 3.8) is 0 Å². The van der Waals surface area contributed by atoms with E-state index in [2.05, 4.69) is 15.3 Å². The van der Waals surface area contributed by atoms with Crippen molar-refractivity contribution in [3.05, 3.63) is 0 Å². The predicted molar refractivity (Wildman–Crippen MR) is 64.3 cm³/mol. The number of hydrogen-bond acceptors (Lipinski definition) is 4. The van der Waals surface area contributed by atoms with Gasteiger partial charge >= 0.3 is 95.4 Å². The Labute approximate surface area is 95.6 Å². The van der Waals surface area contributed by atoms with Crippen LogP contribution in [0.15, 0.2) is 0 Å². The zero-order chi connectivity index (χ0) is 10.3. The molecule has 0 amide bonds. The SMILES string of the molecule is ClCCN[PH]1(NCCCl)NCCCO1. The molecule has 0 radical (unpaired) electrons. The quantitative estimate of drug-likeness (QED) is 0.495. The van der Waals surface area contributed by atoms with Crippen LogP contribution in [0.5, 0.6) is 0 Å². The number of rotatable bonds is 6. The molecule has 0 aromatic carbocycles. The fourth-order valence-electron chi connectivity index (χ4n) is 1.35. The molecule has 1 fully saturated rings. The van der Waals surface area contributed by atoms with Crippen LogP contribution >= 0.6 is 31.1 Å². The molecule has 7 heteroatoms. The van der Waals surface area contributed by atoms with Gasteiger partial charge in [0.25, 0.3) is 0 Å². The number of halogens is 2. The molecule has 1 aliphatic heterocycles. The van der Waals surface area contributed by atoms with Crippen molar-refractivity contribution in [3.8, 4) is 0 Å². The van der Waals surface area contributed by atoms with E-state index in [9.17, 15) is 0 Å². The van der Waals surface area contributed by atoms with Gasteiger partial charge in [-0.1, -0.05) is 0 Å². The molecular formula is C7H18Cl2N3OP. The maximum absolute atomic E-state index is 5.76. The molecule has 1 rings (SSSR count). The van der Waals surface area contributed by atoms with Crippen molar-refractivity contribution in [2.45, 2.75) is 6.42 Å². The molecule has 86 valence electrons. The van der Waals surface area contributed by atoms with E-state index in [0.717, 1.165) is 32.7 Å². The third-order valence-corrected chi connectivity index (χ3v) is 5.21. The average Bonchev–Trinajstić information content (AvgIpc) is 2.25. The van der Waals surface area contributed by atoms with E-state index in [4.69, 9.17) is 27.7 Å². The summed E-state index contributed by atoms with van der Waals surface area (Å²) < 4.78 is 5.76. The van der Waals surface area contributed by atoms with Crippen molar-refractivity contribution in [1.29, 1.82) is 0 Å². The molecule has 0 aromatic heterocycles. The van der Waals surface area contributed by atoms with E-state index < -0.39 is 7.94 Å². The van der Waals surface area contributed by atoms with Crippen molar-refractivity contribution < 1.29 is 4.52 Å². The van der Waals surface area contributed by atoms with Gasteiger partial charge in [0, 0.05) is 0 Å². The van der Waals surface area contributed by atoms with Crippen LogP contribution in [0.2, 0.25) is 0 Å². The van der Waals surface area contributed by atoms with Crippen LogP contribution in [0, 0.1) is 0 Å². The van der Waals surface area contributed by atoms with Gasteiger partial charge in [-0.15, -0.1) is 0 Å². The molecule has 0 unspecified atom stereocenters. The first-order valence-corrected chi connectivity index (χ1v) is 7.82. The van der Waals surface area contributed by atoms with Gasteiger partial charge in [0.05, 0.1) is 0 Å². The molecule has 0 spiro atoms. The van der Waals surface area contributed by atoms with Crippen molar-refractivity contribution in [1.82, 2.24) is 15.3 Å². The first-order chi connectivity index (χ1) is 6.83. The summed E-state index contributed by atoms with van der Waals surface area (Å²) in [6.45, 7) is 3.27. The normalized spacial score (nSPS) is 23.3. The van der Waals surface area contributed by atoms with Crippen molar-refractivity contribution in [2.75, 3.05) is 38.0 Å². The zero-order valence-corrected chi connectivity index (χ0v) is 10.6. The standard InChI is InChI=1S/C7H18Cl2N3OP/c8-2-5-11-14(12-6-3-9)10-4-1-7-13-14/h10-12,14H,1-7H2. The zero-order valence-electron chi connectivity index (χ0n) is 8.11. The van der Waals surface area contributed by atoms with E-state index in [0.29, 0.717) is 11.8 Å². The maximum atomic E-state index is 5.76. The van der Waals surface area contributed by atoms with E-state index in [1.807, 2.05) is 0 Å². The van der Waals surface area contributed by atoms with Gasteiger partial charge in [-0.05, 0) is 0 Å². The molecule has 0 aromatic rings. The first kappa shape index (κ1) is 12.9. The van der Waals surface area contributed by atoms with E-state index in [1.165, 1.54) is 0 Å². The van der Waals surface area contributed by atoms with Gasteiger partial charge in [0.2, 0.25) is 0 Å². The Kier molecular flexibility index (Phi) is 6.62. The van der Waals surface area contributed by atoms with Gasteiger partial charge in [-0.3, -0.25) is 0 Å². The fraction of sp³-hybridized carbons (Fsp3) is 1.00. The van der Waals surface area contributed by atoms with E-state index in [-0.39, 0.29) is 0 Å². The number of hydrogen-bond donors (Lipinski definition) is 3. The van der Waals surface area contributed by atoms with Gasteiger partial charge in [-0.2, -0.15) is 0 Å². The average molecular weight is 262 g/mol. The minimum atomic E-state index is -2.14. The summed E-state index contributed by atoms with van der Waals surface area (Å²) in [6.07, 6.45) is 1.06. The van der Waals surface area contributed by atoms with Crippen LogP contribution in [-0.4, -0.2) is 38.0 Å². The molecule has 1 saturated heterocycles. The first-order valence-electron chi connectivity index (χ1n) is 4.84. The number of nitrogens with one attached hydrogen (secondary N) is 3. The molecule has 3 N–H and O–H groups in total. The van der Waals surface area contributed by atoms with Gasteiger partial charge < -0.3 is 0 Å². The van der Waals surface area contributed by atoms with Crippen LogP contribution in [0.1, 0.15) is 6.42 Å². The molecule has 0 atom stereocenters. The van der Waals surface area contributed by atoms with Gasteiger partial charge in [-0.25, -0.2) is 0 Å². The molecule has 0 bridgehead atoms. The Morgan fingerprint density at radius 2 is 1.86 bits per heavy atom. The second kappa shape index (κ2) is 7.18. The fourth-order valence-corrected chi connectivity index (χ4v) is 4.47. The second-order valence-corrected chi connectivity index (χ2v) is 6.51. The Morgan fingerprint density at radius 3 is 2.29 bits per heavy atom. The van der Waals surface area contributed by atoms with Crippen LogP contribution in [0.25, 0.3) is 0 Å². The molecular weight excluding hydrogens is 244 g/mol. The Morgan fingerprint density at radius 1 is 1.21 bits per heavy atom. The summed E-state index contributed by atoms with van der Waals surface area (Å²) in [4.78, 5) is 0. The van der Waals surface area contributed by atoms with Crippen molar-refractivity contribution >= 4 is 31.1 Å². The second-order valence-electron chi connectivity index (χ2n) is 3.04. The van der Waals surface area contributed by atoms with E-state index in [1.54, 1.807) is 0 Å². The van der Waals surface area contributed by atoms with Crippen molar-refractivity contribution in [2.24, 2.45) is 0 Å². The minimum absolute atomic E-state index is 0.586. The predicted octanol–water partition coefficient (Wildman–Crippen LogP) is 1.06. The Bertz CT molecular complexity index is 148. The Balaban J connectivity index is 2.39. The summed E-state index contributed by atoms with van der Waals surface area (Å²) in [5, 5.41) is 10.0. The summed E-state index contributed by atoms with van der Waals surface area (Å²) in [5.41, 5.74) is 0. The van der Waals surface area contributed by atoms with E-state index >= 15 is 0 Å². The summed E-state index contributed by atoms with van der Waals surface area (Å²) >= 11 is 11.3. The third-order valence-electron chi connectivity index (χ3n) is 1.95. The molecule has 1 aliphatic rings. The van der Waals surface area contributed by atoms with Gasteiger partial charge in [0.15, 0.2) is 0 Å². The third kappa shape index (κ3) is 4.15. The molecule has 1 heterocycles. The molecule has 14 heavy (non-hydrogen) atoms. The number of alkyl halides is 2. The monoisotopic (exact) mass is 261 g/mol. The van der Waals surface area contributed by atoms with Gasteiger partial charge in [0.1, 0.15) is 0 Å². The summed E-state index contributed by atoms with van der Waals surface area (Å²) in [5.74, 6) is 1.17. The molecule has 4 nitrogen and oxygen atoms in total. The summed E-state index contributed by atoms with van der Waals surface area (Å²) in [6, 6.07) is 0. The van der Waals surface area contributed by atoms with Crippen LogP contribution in [-0.2, 0) is 4.52 Å². The summed E-state index contributed by atoms with van der Waals surface area (Å²) in [7, 11) is -2.14. The Hall–Kier alpha value is 0.850. The molecule has 0 aliphatic carbocycles. The topological polar surface area (TPSA) is 45.3 Å². The molecule has 0 saturated carbocycles.